The van der Waals surface area contributed by atoms with E-state index < -0.39 is 0 Å². The maximum atomic E-state index is 5.76. The summed E-state index contributed by atoms with van der Waals surface area (Å²) in [5.41, 5.74) is 4.31. The second kappa shape index (κ2) is 8.00. The van der Waals surface area contributed by atoms with Crippen LogP contribution in [0.15, 0.2) is 42.6 Å². The van der Waals surface area contributed by atoms with Crippen LogP contribution in [0.4, 0.5) is 5.69 Å². The third-order valence-electron chi connectivity index (χ3n) is 6.69. The lowest BCUT2D eigenvalue weighted by atomic mass is 10.00. The predicted molar refractivity (Wildman–Crippen MR) is 118 cm³/mol. The van der Waals surface area contributed by atoms with Crippen molar-refractivity contribution in [1.82, 2.24) is 14.5 Å². The average molecular weight is 407 g/mol. The van der Waals surface area contributed by atoms with Crippen LogP contribution in [0.5, 0.6) is 0 Å². The topological polar surface area (TPSA) is 55.7 Å². The van der Waals surface area contributed by atoms with Crippen LogP contribution in [-0.4, -0.2) is 47.1 Å². The summed E-state index contributed by atoms with van der Waals surface area (Å²) >= 11 is 0. The van der Waals surface area contributed by atoms with Gasteiger partial charge in [-0.05, 0) is 55.5 Å². The highest BCUT2D eigenvalue weighted by molar-refractivity contribution is 5.81. The summed E-state index contributed by atoms with van der Waals surface area (Å²) in [7, 11) is 2.12. The van der Waals surface area contributed by atoms with E-state index in [2.05, 4.69) is 52.7 Å². The fraction of sp³-hybridized carbons (Fsp3) is 0.500. The van der Waals surface area contributed by atoms with Crippen molar-refractivity contribution in [3.05, 3.63) is 54.1 Å². The summed E-state index contributed by atoms with van der Waals surface area (Å²) in [5.74, 6) is 1.71. The molecule has 0 radical (unpaired) electrons. The molecule has 6 nitrogen and oxygen atoms in total. The number of epoxide rings is 1. The zero-order chi connectivity index (χ0) is 20.6. The SMILES string of the molecule is CCC1(N(C)c2ccc3c(c2)nc(Cc2ccccn2)n3CC2CCOCC2)CO1. The van der Waals surface area contributed by atoms with E-state index in [9.17, 15) is 0 Å². The van der Waals surface area contributed by atoms with E-state index in [0.29, 0.717) is 5.92 Å². The van der Waals surface area contributed by atoms with E-state index in [-0.39, 0.29) is 5.72 Å². The lowest BCUT2D eigenvalue weighted by Gasteiger charge is -2.26. The first kappa shape index (κ1) is 19.5. The van der Waals surface area contributed by atoms with Crippen molar-refractivity contribution in [2.24, 2.45) is 5.92 Å². The van der Waals surface area contributed by atoms with Crippen molar-refractivity contribution < 1.29 is 9.47 Å². The smallest absolute Gasteiger partial charge is 0.164 e. The number of imidazole rings is 1. The number of hydrogen-bond acceptors (Lipinski definition) is 5. The number of ether oxygens (including phenoxy) is 2. The highest BCUT2D eigenvalue weighted by atomic mass is 16.6. The second-order valence-electron chi connectivity index (χ2n) is 8.51. The van der Waals surface area contributed by atoms with Gasteiger partial charge in [0.15, 0.2) is 5.72 Å². The molecule has 2 fully saturated rings. The molecule has 0 amide bonds. The Morgan fingerprint density at radius 1 is 1.20 bits per heavy atom. The normalized spacial score (nSPS) is 21.8. The molecule has 1 atom stereocenters. The van der Waals surface area contributed by atoms with E-state index in [1.807, 2.05) is 18.3 Å². The minimum atomic E-state index is -0.144. The molecule has 0 aliphatic carbocycles. The van der Waals surface area contributed by atoms with E-state index in [1.165, 1.54) is 5.52 Å². The Morgan fingerprint density at radius 3 is 2.73 bits per heavy atom. The van der Waals surface area contributed by atoms with Crippen molar-refractivity contribution in [2.45, 2.75) is 44.9 Å². The van der Waals surface area contributed by atoms with Crippen molar-refractivity contribution in [3.63, 3.8) is 0 Å². The van der Waals surface area contributed by atoms with Gasteiger partial charge in [-0.25, -0.2) is 4.98 Å². The summed E-state index contributed by atoms with van der Waals surface area (Å²) in [4.78, 5) is 11.9. The molecule has 3 aromatic rings. The van der Waals surface area contributed by atoms with Crippen molar-refractivity contribution in [3.8, 4) is 0 Å². The molecule has 158 valence electrons. The molecular weight excluding hydrogens is 376 g/mol. The molecule has 30 heavy (non-hydrogen) atoms. The lowest BCUT2D eigenvalue weighted by molar-refractivity contribution is 0.0614. The van der Waals surface area contributed by atoms with E-state index in [4.69, 9.17) is 14.5 Å². The fourth-order valence-electron chi connectivity index (χ4n) is 4.52. The van der Waals surface area contributed by atoms with Crippen LogP contribution in [0.25, 0.3) is 11.0 Å². The van der Waals surface area contributed by atoms with Gasteiger partial charge in [0.25, 0.3) is 0 Å². The highest BCUT2D eigenvalue weighted by Gasteiger charge is 2.47. The van der Waals surface area contributed by atoms with Crippen LogP contribution < -0.4 is 4.90 Å². The van der Waals surface area contributed by atoms with Crippen LogP contribution in [-0.2, 0) is 22.4 Å². The number of aromatic nitrogens is 3. The second-order valence-corrected chi connectivity index (χ2v) is 8.51. The van der Waals surface area contributed by atoms with Crippen LogP contribution in [0, 0.1) is 5.92 Å². The highest BCUT2D eigenvalue weighted by Crippen LogP contribution is 2.38. The molecule has 0 N–H and O–H groups in total. The number of likely N-dealkylation sites (N-methyl/N-ethyl adjacent to an activating group) is 1. The molecule has 2 aliphatic heterocycles. The molecule has 2 saturated heterocycles. The molecule has 1 aromatic carbocycles. The Labute approximate surface area is 177 Å². The Morgan fingerprint density at radius 2 is 2.03 bits per heavy atom. The van der Waals surface area contributed by atoms with Gasteiger partial charge >= 0.3 is 0 Å². The Balaban J connectivity index is 1.51. The van der Waals surface area contributed by atoms with E-state index in [0.717, 1.165) is 74.8 Å². The van der Waals surface area contributed by atoms with Gasteiger partial charge in [-0.1, -0.05) is 13.0 Å². The molecule has 1 unspecified atom stereocenters. The molecule has 6 heteroatoms. The van der Waals surface area contributed by atoms with E-state index >= 15 is 0 Å². The van der Waals surface area contributed by atoms with Gasteiger partial charge in [0.1, 0.15) is 5.82 Å². The van der Waals surface area contributed by atoms with Crippen LogP contribution >= 0.6 is 0 Å². The summed E-state index contributed by atoms with van der Waals surface area (Å²) in [6.07, 6.45) is 5.80. The Hall–Kier alpha value is -2.44. The third-order valence-corrected chi connectivity index (χ3v) is 6.69. The number of anilines is 1. The van der Waals surface area contributed by atoms with Gasteiger partial charge in [0.2, 0.25) is 0 Å². The molecule has 0 spiro atoms. The first-order valence-electron chi connectivity index (χ1n) is 11.0. The Kier molecular flexibility index (Phi) is 5.21. The quantitative estimate of drug-likeness (QED) is 0.555. The average Bonchev–Trinajstić information content (AvgIpc) is 3.53. The molecule has 4 heterocycles. The number of rotatable bonds is 7. The number of pyridine rings is 1. The van der Waals surface area contributed by atoms with Crippen LogP contribution in [0.2, 0.25) is 0 Å². The molecule has 0 saturated carbocycles. The van der Waals surface area contributed by atoms with Crippen LogP contribution in [0.1, 0.15) is 37.7 Å². The van der Waals surface area contributed by atoms with Gasteiger partial charge in [-0.2, -0.15) is 0 Å². The van der Waals surface area contributed by atoms with Crippen molar-refractivity contribution in [1.29, 1.82) is 0 Å². The van der Waals surface area contributed by atoms with Gasteiger partial charge in [-0.3, -0.25) is 4.98 Å². The zero-order valence-electron chi connectivity index (χ0n) is 17.9. The maximum Gasteiger partial charge on any atom is 0.164 e. The van der Waals surface area contributed by atoms with Gasteiger partial charge in [0.05, 0.1) is 17.6 Å². The van der Waals surface area contributed by atoms with Gasteiger partial charge in [0, 0.05) is 50.8 Å². The molecule has 2 aromatic heterocycles. The van der Waals surface area contributed by atoms with Gasteiger partial charge < -0.3 is 18.9 Å². The summed E-state index contributed by atoms with van der Waals surface area (Å²) in [6, 6.07) is 12.7. The summed E-state index contributed by atoms with van der Waals surface area (Å²) < 4.78 is 13.7. The van der Waals surface area contributed by atoms with Crippen LogP contribution in [0.3, 0.4) is 0 Å². The Bertz CT molecular complexity index is 1010. The minimum Gasteiger partial charge on any atom is -0.381 e. The number of fused-ring (bicyclic) bond motifs is 1. The third kappa shape index (κ3) is 3.70. The van der Waals surface area contributed by atoms with E-state index in [1.54, 1.807) is 0 Å². The van der Waals surface area contributed by atoms with Gasteiger partial charge in [-0.15, -0.1) is 0 Å². The molecule has 2 aliphatic rings. The number of benzene rings is 1. The van der Waals surface area contributed by atoms with Crippen molar-refractivity contribution in [2.75, 3.05) is 31.8 Å². The summed E-state index contributed by atoms with van der Waals surface area (Å²) in [5, 5.41) is 0. The lowest BCUT2D eigenvalue weighted by Crippen LogP contribution is -2.34. The minimum absolute atomic E-state index is 0.144. The standard InChI is InChI=1S/C24H30N4O2/c1-3-24(17-30-24)27(2)20-7-8-22-21(15-20)26-23(14-19-6-4-5-11-25-19)28(22)16-18-9-12-29-13-10-18/h4-8,11,15,18H,3,9-10,12-14,16-17H2,1-2H3. The largest absolute Gasteiger partial charge is 0.381 e. The predicted octanol–water partition coefficient (Wildman–Crippen LogP) is 4.02. The summed E-state index contributed by atoms with van der Waals surface area (Å²) in [6.45, 7) is 5.68. The first-order chi connectivity index (χ1) is 14.7. The number of nitrogens with zero attached hydrogens (tertiary/aromatic N) is 4. The molecular formula is C24H30N4O2. The fourth-order valence-corrected chi connectivity index (χ4v) is 4.52. The zero-order valence-corrected chi connectivity index (χ0v) is 17.9. The number of hydrogen-bond donors (Lipinski definition) is 0. The first-order valence-corrected chi connectivity index (χ1v) is 11.0. The monoisotopic (exact) mass is 406 g/mol. The van der Waals surface area contributed by atoms with Crippen molar-refractivity contribution >= 4 is 16.7 Å². The maximum absolute atomic E-state index is 5.76. The molecule has 5 rings (SSSR count). The molecule has 0 bridgehead atoms.